The smallest absolute Gasteiger partial charge is 0.332 e. The van der Waals surface area contributed by atoms with Crippen LogP contribution in [0.2, 0.25) is 0 Å². The Morgan fingerprint density at radius 1 is 0.929 bits per heavy atom. The van der Waals surface area contributed by atoms with E-state index in [0.717, 1.165) is 4.57 Å². The summed E-state index contributed by atoms with van der Waals surface area (Å²) in [5.41, 5.74) is 1.48. The van der Waals surface area contributed by atoms with Gasteiger partial charge < -0.3 is 5.11 Å². The Morgan fingerprint density at radius 2 is 1.64 bits per heavy atom. The first kappa shape index (κ1) is 17.7. The van der Waals surface area contributed by atoms with Crippen LogP contribution in [0.25, 0.3) is 33.4 Å². The number of benzene rings is 2. The molecule has 7 heteroatoms. The van der Waals surface area contributed by atoms with Crippen LogP contribution in [0, 0.1) is 5.82 Å². The Bertz CT molecular complexity index is 1340. The van der Waals surface area contributed by atoms with Crippen molar-refractivity contribution in [1.29, 1.82) is 0 Å². The number of hydrogen-bond donors (Lipinski definition) is 1. The van der Waals surface area contributed by atoms with Gasteiger partial charge in [0.25, 0.3) is 5.56 Å². The molecule has 0 saturated carbocycles. The first-order valence-electron chi connectivity index (χ1n) is 8.53. The van der Waals surface area contributed by atoms with Crippen LogP contribution in [0.5, 0.6) is 5.75 Å². The molecule has 1 N–H and O–H groups in total. The van der Waals surface area contributed by atoms with Gasteiger partial charge in [0, 0.05) is 25.2 Å². The average molecular weight is 377 g/mol. The lowest BCUT2D eigenvalue weighted by molar-refractivity contribution is 0.475. The molecule has 2 heterocycles. The van der Waals surface area contributed by atoms with Gasteiger partial charge in [-0.1, -0.05) is 24.3 Å². The summed E-state index contributed by atoms with van der Waals surface area (Å²) in [4.78, 5) is 29.8. The van der Waals surface area contributed by atoms with Crippen LogP contribution in [0.3, 0.4) is 0 Å². The quantitative estimate of drug-likeness (QED) is 0.583. The lowest BCUT2D eigenvalue weighted by Gasteiger charge is -2.13. The summed E-state index contributed by atoms with van der Waals surface area (Å²) in [5, 5.41) is 10.1. The van der Waals surface area contributed by atoms with Crippen molar-refractivity contribution in [2.45, 2.75) is 0 Å². The number of aromatic hydroxyl groups is 1. The molecule has 0 saturated heterocycles. The average Bonchev–Trinajstić information content (AvgIpc) is 2.70. The molecule has 140 valence electrons. The van der Waals surface area contributed by atoms with Crippen LogP contribution < -0.4 is 11.2 Å². The van der Waals surface area contributed by atoms with Crippen LogP contribution in [0.15, 0.2) is 64.2 Å². The number of fused-ring (bicyclic) bond motifs is 1. The topological polar surface area (TPSA) is 77.1 Å². The fraction of sp³-hybridized carbons (Fsp3) is 0.0952. The molecule has 0 bridgehead atoms. The Morgan fingerprint density at radius 3 is 2.32 bits per heavy atom. The molecule has 0 aliphatic heterocycles. The van der Waals surface area contributed by atoms with Crippen molar-refractivity contribution in [3.05, 3.63) is 81.3 Å². The summed E-state index contributed by atoms with van der Waals surface area (Å²) >= 11 is 0. The zero-order valence-electron chi connectivity index (χ0n) is 15.2. The molecule has 0 atom stereocenters. The monoisotopic (exact) mass is 377 g/mol. The normalized spacial score (nSPS) is 11.1. The van der Waals surface area contributed by atoms with Gasteiger partial charge in [0.05, 0.1) is 11.1 Å². The molecule has 4 rings (SSSR count). The highest BCUT2D eigenvalue weighted by molar-refractivity contribution is 5.94. The van der Waals surface area contributed by atoms with E-state index in [1.54, 1.807) is 36.4 Å². The van der Waals surface area contributed by atoms with E-state index in [4.69, 9.17) is 0 Å². The van der Waals surface area contributed by atoms with Crippen LogP contribution in [-0.2, 0) is 14.1 Å². The first-order chi connectivity index (χ1) is 13.4. The molecule has 0 unspecified atom stereocenters. The highest BCUT2D eigenvalue weighted by atomic mass is 19.1. The van der Waals surface area contributed by atoms with Gasteiger partial charge in [0.15, 0.2) is 5.65 Å². The summed E-state index contributed by atoms with van der Waals surface area (Å²) in [6.45, 7) is 0. The zero-order chi connectivity index (χ0) is 20.0. The molecule has 28 heavy (non-hydrogen) atoms. The first-order valence-corrected chi connectivity index (χ1v) is 8.53. The number of phenols is 1. The van der Waals surface area contributed by atoms with Gasteiger partial charge >= 0.3 is 5.69 Å². The number of nitrogens with zero attached hydrogens (tertiary/aromatic N) is 3. The van der Waals surface area contributed by atoms with Crippen LogP contribution in [0.1, 0.15) is 0 Å². The van der Waals surface area contributed by atoms with E-state index in [9.17, 15) is 19.1 Å². The van der Waals surface area contributed by atoms with E-state index in [1.165, 1.54) is 36.9 Å². The summed E-state index contributed by atoms with van der Waals surface area (Å²) in [5.74, 6) is -0.323. The minimum absolute atomic E-state index is 0.0700. The van der Waals surface area contributed by atoms with Crippen molar-refractivity contribution in [2.75, 3.05) is 0 Å². The predicted octanol–water partition coefficient (Wildman–Crippen LogP) is 2.81. The molecular weight excluding hydrogens is 361 g/mol. The zero-order valence-corrected chi connectivity index (χ0v) is 15.2. The summed E-state index contributed by atoms with van der Waals surface area (Å²) < 4.78 is 15.7. The van der Waals surface area contributed by atoms with Crippen molar-refractivity contribution in [1.82, 2.24) is 14.1 Å². The second-order valence-electron chi connectivity index (χ2n) is 6.52. The SMILES string of the molecule is Cn1c(=O)c2c(-c3ccc(F)cc3)cc(-c3cccc(O)c3)nc2n(C)c1=O. The number of aromatic nitrogens is 3. The van der Waals surface area contributed by atoms with E-state index in [-0.39, 0.29) is 16.8 Å². The molecule has 0 radical (unpaired) electrons. The van der Waals surface area contributed by atoms with Crippen molar-refractivity contribution in [3.63, 3.8) is 0 Å². The fourth-order valence-corrected chi connectivity index (χ4v) is 3.23. The largest absolute Gasteiger partial charge is 0.508 e. The Hall–Kier alpha value is -3.74. The summed E-state index contributed by atoms with van der Waals surface area (Å²) in [6, 6.07) is 14.0. The van der Waals surface area contributed by atoms with Crippen molar-refractivity contribution >= 4 is 11.0 Å². The van der Waals surface area contributed by atoms with E-state index in [1.807, 2.05) is 0 Å². The van der Waals surface area contributed by atoms with Gasteiger partial charge in [0.2, 0.25) is 0 Å². The maximum absolute atomic E-state index is 13.4. The van der Waals surface area contributed by atoms with Gasteiger partial charge in [-0.25, -0.2) is 14.2 Å². The third-order valence-electron chi connectivity index (χ3n) is 4.71. The Kier molecular flexibility index (Phi) is 4.07. The van der Waals surface area contributed by atoms with Gasteiger partial charge in [0.1, 0.15) is 11.6 Å². The molecule has 2 aromatic carbocycles. The van der Waals surface area contributed by atoms with E-state index in [0.29, 0.717) is 22.4 Å². The third kappa shape index (κ3) is 2.77. The molecule has 6 nitrogen and oxygen atoms in total. The number of aryl methyl sites for hydroxylation is 1. The predicted molar refractivity (Wildman–Crippen MR) is 105 cm³/mol. The maximum atomic E-state index is 13.4. The van der Waals surface area contributed by atoms with Crippen molar-refractivity contribution < 1.29 is 9.50 Å². The van der Waals surface area contributed by atoms with Crippen molar-refractivity contribution in [3.8, 4) is 28.1 Å². The number of halogens is 1. The number of hydrogen-bond acceptors (Lipinski definition) is 4. The number of phenolic OH excluding ortho intramolecular Hbond substituents is 1. The molecule has 0 aliphatic carbocycles. The summed E-state index contributed by atoms with van der Waals surface area (Å²) in [7, 11) is 2.94. The molecule has 4 aromatic rings. The van der Waals surface area contributed by atoms with Gasteiger partial charge in [-0.3, -0.25) is 13.9 Å². The second-order valence-corrected chi connectivity index (χ2v) is 6.52. The number of pyridine rings is 1. The lowest BCUT2D eigenvalue weighted by atomic mass is 10.00. The lowest BCUT2D eigenvalue weighted by Crippen LogP contribution is -2.37. The minimum Gasteiger partial charge on any atom is -0.508 e. The van der Waals surface area contributed by atoms with E-state index >= 15 is 0 Å². The van der Waals surface area contributed by atoms with Crippen LogP contribution in [-0.4, -0.2) is 19.2 Å². The van der Waals surface area contributed by atoms with Gasteiger partial charge in [-0.15, -0.1) is 0 Å². The van der Waals surface area contributed by atoms with Gasteiger partial charge in [-0.2, -0.15) is 0 Å². The molecule has 2 aromatic heterocycles. The highest BCUT2D eigenvalue weighted by Crippen LogP contribution is 2.31. The molecule has 0 spiro atoms. The summed E-state index contributed by atoms with van der Waals surface area (Å²) in [6.07, 6.45) is 0. The Labute approximate surface area is 158 Å². The van der Waals surface area contributed by atoms with E-state index in [2.05, 4.69) is 4.98 Å². The fourth-order valence-electron chi connectivity index (χ4n) is 3.23. The van der Waals surface area contributed by atoms with Crippen LogP contribution in [0.4, 0.5) is 4.39 Å². The molecule has 0 amide bonds. The second kappa shape index (κ2) is 6.45. The number of rotatable bonds is 2. The molecule has 0 fully saturated rings. The molecule has 0 aliphatic rings. The van der Waals surface area contributed by atoms with Crippen LogP contribution >= 0.6 is 0 Å². The minimum atomic E-state index is -0.497. The van der Waals surface area contributed by atoms with Gasteiger partial charge in [-0.05, 0) is 35.9 Å². The standard InChI is InChI=1S/C21H16FN3O3/c1-24-19-18(20(27)25(2)21(24)28)16(12-6-8-14(22)9-7-12)11-17(23-19)13-4-3-5-15(26)10-13/h3-11,26H,1-2H3. The Balaban J connectivity index is 2.17. The maximum Gasteiger partial charge on any atom is 0.332 e. The third-order valence-corrected chi connectivity index (χ3v) is 4.71. The van der Waals surface area contributed by atoms with E-state index < -0.39 is 17.1 Å². The molecular formula is C21H16FN3O3. The van der Waals surface area contributed by atoms with Crippen molar-refractivity contribution in [2.24, 2.45) is 14.1 Å². The highest BCUT2D eigenvalue weighted by Gasteiger charge is 2.17.